The van der Waals surface area contributed by atoms with Crippen molar-refractivity contribution in [1.29, 1.82) is 0 Å². The zero-order valence-electron chi connectivity index (χ0n) is 15.3. The van der Waals surface area contributed by atoms with Crippen LogP contribution in [0.5, 0.6) is 5.75 Å². The van der Waals surface area contributed by atoms with Crippen LogP contribution in [-0.4, -0.2) is 35.7 Å². The van der Waals surface area contributed by atoms with Crippen molar-refractivity contribution < 1.29 is 14.6 Å². The van der Waals surface area contributed by atoms with Gasteiger partial charge in [0, 0.05) is 17.6 Å². The SMILES string of the molecule is CC(=O)c1cccc(OC[C@H](O)CNC(C)(C)CC(C)(C)C)c1. The van der Waals surface area contributed by atoms with E-state index in [1.165, 1.54) is 6.92 Å². The van der Waals surface area contributed by atoms with Crippen LogP contribution >= 0.6 is 0 Å². The first-order chi connectivity index (χ1) is 10.5. The summed E-state index contributed by atoms with van der Waals surface area (Å²) in [6.45, 7) is 13.1. The molecule has 4 nitrogen and oxygen atoms in total. The predicted octanol–water partition coefficient (Wildman–Crippen LogP) is 3.43. The number of Topliss-reactive ketones (excluding diaryl/α,β-unsaturated/α-hetero) is 1. The highest BCUT2D eigenvalue weighted by Gasteiger charge is 2.25. The van der Waals surface area contributed by atoms with E-state index in [1.54, 1.807) is 24.3 Å². The molecule has 0 aliphatic rings. The average molecular weight is 321 g/mol. The van der Waals surface area contributed by atoms with E-state index in [2.05, 4.69) is 39.9 Å². The third-order valence-corrected chi connectivity index (χ3v) is 3.47. The number of hydrogen-bond acceptors (Lipinski definition) is 4. The predicted molar refractivity (Wildman–Crippen MR) is 94.1 cm³/mol. The average Bonchev–Trinajstić information content (AvgIpc) is 2.41. The van der Waals surface area contributed by atoms with Crippen LogP contribution in [0.1, 0.15) is 58.3 Å². The molecule has 0 aliphatic carbocycles. The number of rotatable bonds is 8. The van der Waals surface area contributed by atoms with E-state index in [0.717, 1.165) is 6.42 Å². The summed E-state index contributed by atoms with van der Waals surface area (Å²) in [5.41, 5.74) is 0.792. The van der Waals surface area contributed by atoms with E-state index in [1.807, 2.05) is 0 Å². The zero-order chi connectivity index (χ0) is 17.7. The minimum absolute atomic E-state index is 0.00148. The van der Waals surface area contributed by atoms with Crippen molar-refractivity contribution in [2.24, 2.45) is 5.41 Å². The Hall–Kier alpha value is -1.39. The Morgan fingerprint density at radius 1 is 1.26 bits per heavy atom. The largest absolute Gasteiger partial charge is 0.491 e. The molecular formula is C19H31NO3. The summed E-state index contributed by atoms with van der Waals surface area (Å²) in [6.07, 6.45) is 0.407. The smallest absolute Gasteiger partial charge is 0.159 e. The highest BCUT2D eigenvalue weighted by molar-refractivity contribution is 5.94. The van der Waals surface area contributed by atoms with E-state index in [0.29, 0.717) is 17.9 Å². The second kappa shape index (κ2) is 7.93. The van der Waals surface area contributed by atoms with Gasteiger partial charge in [-0.3, -0.25) is 4.79 Å². The molecule has 1 rings (SSSR count). The van der Waals surface area contributed by atoms with Crippen molar-refractivity contribution in [2.45, 2.75) is 59.6 Å². The number of aliphatic hydroxyl groups is 1. The van der Waals surface area contributed by atoms with Gasteiger partial charge in [-0.1, -0.05) is 32.9 Å². The molecule has 0 fully saturated rings. The lowest BCUT2D eigenvalue weighted by molar-refractivity contribution is 0.0941. The van der Waals surface area contributed by atoms with E-state index in [9.17, 15) is 9.90 Å². The Balaban J connectivity index is 2.44. The zero-order valence-corrected chi connectivity index (χ0v) is 15.3. The van der Waals surface area contributed by atoms with Crippen molar-refractivity contribution >= 4 is 5.78 Å². The van der Waals surface area contributed by atoms with Crippen LogP contribution in [0.2, 0.25) is 0 Å². The van der Waals surface area contributed by atoms with Gasteiger partial charge in [0.05, 0.1) is 0 Å². The van der Waals surface area contributed by atoms with Crippen LogP contribution in [0.4, 0.5) is 0 Å². The first-order valence-electron chi connectivity index (χ1n) is 8.15. The van der Waals surface area contributed by atoms with Crippen molar-refractivity contribution in [3.8, 4) is 5.75 Å². The molecular weight excluding hydrogens is 290 g/mol. The highest BCUT2D eigenvalue weighted by atomic mass is 16.5. The van der Waals surface area contributed by atoms with E-state index in [4.69, 9.17) is 4.74 Å². The van der Waals surface area contributed by atoms with Gasteiger partial charge in [-0.2, -0.15) is 0 Å². The molecule has 0 aliphatic heterocycles. The number of ketones is 1. The molecule has 0 amide bonds. The molecule has 0 saturated carbocycles. The molecule has 0 bridgehead atoms. The Morgan fingerprint density at radius 3 is 2.48 bits per heavy atom. The number of carbonyl (C=O) groups is 1. The van der Waals surface area contributed by atoms with Crippen LogP contribution in [0.25, 0.3) is 0 Å². The lowest BCUT2D eigenvalue weighted by atomic mass is 9.82. The quantitative estimate of drug-likeness (QED) is 0.720. The van der Waals surface area contributed by atoms with E-state index in [-0.39, 0.29) is 23.3 Å². The molecule has 23 heavy (non-hydrogen) atoms. The lowest BCUT2D eigenvalue weighted by Crippen LogP contribution is -2.46. The fraction of sp³-hybridized carbons (Fsp3) is 0.632. The summed E-state index contributed by atoms with van der Waals surface area (Å²) in [6, 6.07) is 7.02. The number of carbonyl (C=O) groups excluding carboxylic acids is 1. The second-order valence-corrected chi connectivity index (χ2v) is 8.05. The Morgan fingerprint density at radius 2 is 1.91 bits per heavy atom. The molecule has 130 valence electrons. The van der Waals surface area contributed by atoms with Crippen LogP contribution in [0.15, 0.2) is 24.3 Å². The maximum atomic E-state index is 11.3. The molecule has 0 saturated heterocycles. The number of aliphatic hydroxyl groups excluding tert-OH is 1. The third-order valence-electron chi connectivity index (χ3n) is 3.47. The molecule has 4 heteroatoms. The molecule has 0 heterocycles. The molecule has 1 aromatic carbocycles. The number of β-amino-alcohol motifs (C(OH)–C–C–N with tert-alkyl or cyclic N) is 1. The molecule has 2 N–H and O–H groups in total. The van der Waals surface area contributed by atoms with Crippen LogP contribution in [-0.2, 0) is 0 Å². The normalized spacial score (nSPS) is 13.7. The van der Waals surface area contributed by atoms with Crippen LogP contribution < -0.4 is 10.1 Å². The Labute approximate surface area is 140 Å². The van der Waals surface area contributed by atoms with Crippen LogP contribution in [0, 0.1) is 5.41 Å². The standard InChI is InChI=1S/C19H31NO3/c1-14(21)15-8-7-9-17(10-15)23-12-16(22)11-20-19(5,6)13-18(2,3)4/h7-10,16,20,22H,11-13H2,1-6H3/t16-/m1/s1. The topological polar surface area (TPSA) is 58.6 Å². The Kier molecular flexibility index (Phi) is 6.78. The summed E-state index contributed by atoms with van der Waals surface area (Å²) < 4.78 is 5.58. The van der Waals surface area contributed by atoms with Gasteiger partial charge < -0.3 is 15.2 Å². The summed E-state index contributed by atoms with van der Waals surface area (Å²) in [5, 5.41) is 13.5. The van der Waals surface area contributed by atoms with Gasteiger partial charge in [0.2, 0.25) is 0 Å². The van der Waals surface area contributed by atoms with Gasteiger partial charge in [0.1, 0.15) is 18.5 Å². The van der Waals surface area contributed by atoms with Gasteiger partial charge in [-0.15, -0.1) is 0 Å². The highest BCUT2D eigenvalue weighted by Crippen LogP contribution is 2.26. The van der Waals surface area contributed by atoms with Crippen molar-refractivity contribution in [2.75, 3.05) is 13.2 Å². The molecule has 0 radical (unpaired) electrons. The number of ether oxygens (including phenoxy) is 1. The summed E-state index contributed by atoms with van der Waals surface area (Å²) in [4.78, 5) is 11.3. The number of benzene rings is 1. The fourth-order valence-corrected chi connectivity index (χ4v) is 2.84. The molecule has 0 spiro atoms. The molecule has 0 unspecified atom stereocenters. The van der Waals surface area contributed by atoms with Crippen molar-refractivity contribution in [3.05, 3.63) is 29.8 Å². The summed E-state index contributed by atoms with van der Waals surface area (Å²) >= 11 is 0. The van der Waals surface area contributed by atoms with E-state index >= 15 is 0 Å². The summed E-state index contributed by atoms with van der Waals surface area (Å²) in [5.74, 6) is 0.604. The van der Waals surface area contributed by atoms with Gasteiger partial charge in [0.25, 0.3) is 0 Å². The Bertz CT molecular complexity index is 518. The van der Waals surface area contributed by atoms with Crippen LogP contribution in [0.3, 0.4) is 0 Å². The number of nitrogens with one attached hydrogen (secondary N) is 1. The van der Waals surface area contributed by atoms with Gasteiger partial charge in [-0.05, 0) is 44.7 Å². The fourth-order valence-electron chi connectivity index (χ4n) is 2.84. The lowest BCUT2D eigenvalue weighted by Gasteiger charge is -2.34. The maximum absolute atomic E-state index is 11.3. The molecule has 0 aromatic heterocycles. The monoisotopic (exact) mass is 321 g/mol. The minimum Gasteiger partial charge on any atom is -0.491 e. The minimum atomic E-state index is -0.602. The van der Waals surface area contributed by atoms with Gasteiger partial charge in [-0.25, -0.2) is 0 Å². The van der Waals surface area contributed by atoms with Gasteiger partial charge in [0.15, 0.2) is 5.78 Å². The maximum Gasteiger partial charge on any atom is 0.159 e. The third kappa shape index (κ3) is 8.14. The van der Waals surface area contributed by atoms with Crippen molar-refractivity contribution in [1.82, 2.24) is 5.32 Å². The first-order valence-corrected chi connectivity index (χ1v) is 8.15. The van der Waals surface area contributed by atoms with Crippen molar-refractivity contribution in [3.63, 3.8) is 0 Å². The second-order valence-electron chi connectivity index (χ2n) is 8.05. The van der Waals surface area contributed by atoms with E-state index < -0.39 is 6.10 Å². The number of hydrogen-bond donors (Lipinski definition) is 2. The van der Waals surface area contributed by atoms with Gasteiger partial charge >= 0.3 is 0 Å². The molecule has 1 atom stereocenters. The first kappa shape index (κ1) is 19.7. The summed E-state index contributed by atoms with van der Waals surface area (Å²) in [7, 11) is 0. The molecule has 1 aromatic rings.